The first-order valence-electron chi connectivity index (χ1n) is 6.85. The fourth-order valence-corrected chi connectivity index (χ4v) is 2.74. The topological polar surface area (TPSA) is 72.9 Å². The Morgan fingerprint density at radius 2 is 2.20 bits per heavy atom. The molecule has 1 atom stereocenters. The Morgan fingerprint density at radius 3 is 3.00 bits per heavy atom. The number of nitrogens with two attached hydrogens (primary N) is 1. The van der Waals surface area contributed by atoms with Gasteiger partial charge in [-0.05, 0) is 30.4 Å². The molecule has 3 N–H and O–H groups in total. The number of amides is 1. The molecule has 104 valence electrons. The standard InChI is InChI=1S/C15H18N4O/c16-15(20)10-19-9-14(8-17-19)18-13-6-5-11-3-1-2-4-12(11)7-13/h1-4,8-9,13,18H,5-7,10H2,(H2,16,20). The number of hydrogen-bond acceptors (Lipinski definition) is 3. The molecule has 1 aliphatic carbocycles. The van der Waals surface area contributed by atoms with Crippen molar-refractivity contribution in [3.8, 4) is 0 Å². The van der Waals surface area contributed by atoms with E-state index in [0.717, 1.165) is 24.9 Å². The van der Waals surface area contributed by atoms with Gasteiger partial charge in [0, 0.05) is 12.2 Å². The molecule has 0 fully saturated rings. The maximum Gasteiger partial charge on any atom is 0.239 e. The fraction of sp³-hybridized carbons (Fsp3) is 0.333. The van der Waals surface area contributed by atoms with Gasteiger partial charge in [-0.2, -0.15) is 5.10 Å². The number of anilines is 1. The van der Waals surface area contributed by atoms with E-state index < -0.39 is 0 Å². The normalized spacial score (nSPS) is 17.5. The number of fused-ring (bicyclic) bond motifs is 1. The number of rotatable bonds is 4. The van der Waals surface area contributed by atoms with Crippen molar-refractivity contribution >= 4 is 11.6 Å². The summed E-state index contributed by atoms with van der Waals surface area (Å²) in [5.41, 5.74) is 8.96. The molecular weight excluding hydrogens is 252 g/mol. The highest BCUT2D eigenvalue weighted by molar-refractivity contribution is 5.73. The van der Waals surface area contributed by atoms with Crippen LogP contribution in [0.5, 0.6) is 0 Å². The van der Waals surface area contributed by atoms with Gasteiger partial charge in [0.2, 0.25) is 5.91 Å². The molecule has 20 heavy (non-hydrogen) atoms. The van der Waals surface area contributed by atoms with Crippen molar-refractivity contribution in [1.29, 1.82) is 0 Å². The summed E-state index contributed by atoms with van der Waals surface area (Å²) in [5, 5.41) is 7.60. The van der Waals surface area contributed by atoms with Crippen LogP contribution < -0.4 is 11.1 Å². The van der Waals surface area contributed by atoms with Gasteiger partial charge in [-0.3, -0.25) is 9.48 Å². The number of carbonyl (C=O) groups excluding carboxylic acids is 1. The van der Waals surface area contributed by atoms with Crippen molar-refractivity contribution in [3.63, 3.8) is 0 Å². The summed E-state index contributed by atoms with van der Waals surface area (Å²) in [6, 6.07) is 9.00. The predicted molar refractivity (Wildman–Crippen MR) is 77.3 cm³/mol. The lowest BCUT2D eigenvalue weighted by Gasteiger charge is -2.25. The van der Waals surface area contributed by atoms with Crippen molar-refractivity contribution in [2.24, 2.45) is 5.73 Å². The second kappa shape index (κ2) is 5.36. The number of nitrogens with one attached hydrogen (secondary N) is 1. The minimum atomic E-state index is -0.383. The smallest absolute Gasteiger partial charge is 0.239 e. The molecule has 1 aromatic carbocycles. The van der Waals surface area contributed by atoms with Gasteiger partial charge in [-0.1, -0.05) is 24.3 Å². The molecule has 1 amide bonds. The third-order valence-corrected chi connectivity index (χ3v) is 3.67. The zero-order valence-electron chi connectivity index (χ0n) is 11.2. The Morgan fingerprint density at radius 1 is 1.40 bits per heavy atom. The number of aromatic nitrogens is 2. The molecule has 1 aromatic heterocycles. The van der Waals surface area contributed by atoms with E-state index in [9.17, 15) is 4.79 Å². The molecule has 5 nitrogen and oxygen atoms in total. The summed E-state index contributed by atoms with van der Waals surface area (Å²) in [6.45, 7) is 0.120. The van der Waals surface area contributed by atoms with Crippen LogP contribution in [0.15, 0.2) is 36.7 Å². The Labute approximate surface area is 117 Å². The summed E-state index contributed by atoms with van der Waals surface area (Å²) in [4.78, 5) is 10.8. The fourth-order valence-electron chi connectivity index (χ4n) is 2.74. The number of primary amides is 1. The lowest BCUT2D eigenvalue weighted by atomic mass is 9.88. The van der Waals surface area contributed by atoms with Crippen LogP contribution in [0.2, 0.25) is 0 Å². The van der Waals surface area contributed by atoms with Crippen LogP contribution in [-0.2, 0) is 24.2 Å². The molecule has 1 aliphatic rings. The Kier molecular flexibility index (Phi) is 3.41. The Balaban J connectivity index is 1.64. The van der Waals surface area contributed by atoms with Crippen LogP contribution in [0.4, 0.5) is 5.69 Å². The van der Waals surface area contributed by atoms with E-state index in [1.807, 2.05) is 6.20 Å². The van der Waals surface area contributed by atoms with E-state index in [-0.39, 0.29) is 12.5 Å². The van der Waals surface area contributed by atoms with Crippen LogP contribution >= 0.6 is 0 Å². The monoisotopic (exact) mass is 270 g/mol. The molecule has 0 radical (unpaired) electrons. The van der Waals surface area contributed by atoms with Crippen LogP contribution in [0.25, 0.3) is 0 Å². The van der Waals surface area contributed by atoms with Crippen LogP contribution in [0.3, 0.4) is 0 Å². The van der Waals surface area contributed by atoms with Crippen LogP contribution in [0, 0.1) is 0 Å². The molecule has 0 bridgehead atoms. The number of nitrogens with zero attached hydrogens (tertiary/aromatic N) is 2. The first-order valence-corrected chi connectivity index (χ1v) is 6.85. The van der Waals surface area contributed by atoms with Gasteiger partial charge in [-0.15, -0.1) is 0 Å². The summed E-state index contributed by atoms with van der Waals surface area (Å²) >= 11 is 0. The van der Waals surface area contributed by atoms with Gasteiger partial charge < -0.3 is 11.1 Å². The Hall–Kier alpha value is -2.30. The van der Waals surface area contributed by atoms with Crippen molar-refractivity contribution < 1.29 is 4.79 Å². The SMILES string of the molecule is NC(=O)Cn1cc(NC2CCc3ccccc3C2)cn1. The molecule has 3 rings (SSSR count). The van der Waals surface area contributed by atoms with E-state index in [1.165, 1.54) is 11.1 Å². The molecular formula is C15H18N4O. The van der Waals surface area contributed by atoms with E-state index >= 15 is 0 Å². The lowest BCUT2D eigenvalue weighted by Crippen LogP contribution is -2.27. The molecule has 0 saturated carbocycles. The minimum absolute atomic E-state index is 0.120. The molecule has 0 aliphatic heterocycles. The minimum Gasteiger partial charge on any atom is -0.379 e. The number of hydrogen-bond donors (Lipinski definition) is 2. The molecule has 5 heteroatoms. The number of aryl methyl sites for hydroxylation is 1. The van der Waals surface area contributed by atoms with Gasteiger partial charge in [0.1, 0.15) is 6.54 Å². The maximum absolute atomic E-state index is 10.8. The highest BCUT2D eigenvalue weighted by Crippen LogP contribution is 2.23. The number of carbonyl (C=O) groups is 1. The van der Waals surface area contributed by atoms with E-state index in [1.54, 1.807) is 10.9 Å². The van der Waals surface area contributed by atoms with Crippen molar-refractivity contribution in [2.45, 2.75) is 31.8 Å². The van der Waals surface area contributed by atoms with E-state index in [2.05, 4.69) is 34.7 Å². The largest absolute Gasteiger partial charge is 0.379 e. The van der Waals surface area contributed by atoms with E-state index in [0.29, 0.717) is 6.04 Å². The first kappa shape index (κ1) is 12.7. The maximum atomic E-state index is 10.8. The lowest BCUT2D eigenvalue weighted by molar-refractivity contribution is -0.118. The molecule has 1 heterocycles. The van der Waals surface area contributed by atoms with Crippen molar-refractivity contribution in [2.75, 3.05) is 5.32 Å². The van der Waals surface area contributed by atoms with Crippen molar-refractivity contribution in [3.05, 3.63) is 47.8 Å². The van der Waals surface area contributed by atoms with Crippen molar-refractivity contribution in [1.82, 2.24) is 9.78 Å². The van der Waals surface area contributed by atoms with Gasteiger partial charge in [0.05, 0.1) is 11.9 Å². The zero-order chi connectivity index (χ0) is 13.9. The van der Waals surface area contributed by atoms with Gasteiger partial charge in [0.25, 0.3) is 0 Å². The predicted octanol–water partition coefficient (Wildman–Crippen LogP) is 1.34. The summed E-state index contributed by atoms with van der Waals surface area (Å²) in [5.74, 6) is -0.383. The van der Waals surface area contributed by atoms with Gasteiger partial charge >= 0.3 is 0 Å². The zero-order valence-corrected chi connectivity index (χ0v) is 11.2. The summed E-state index contributed by atoms with van der Waals surface area (Å²) < 4.78 is 1.56. The third kappa shape index (κ3) is 2.82. The molecule has 0 spiro atoms. The first-order chi connectivity index (χ1) is 9.70. The van der Waals surface area contributed by atoms with E-state index in [4.69, 9.17) is 5.73 Å². The summed E-state index contributed by atoms with van der Waals surface area (Å²) in [6.07, 6.45) is 6.80. The highest BCUT2D eigenvalue weighted by Gasteiger charge is 2.18. The van der Waals surface area contributed by atoms with Crippen LogP contribution in [-0.4, -0.2) is 21.7 Å². The van der Waals surface area contributed by atoms with Gasteiger partial charge in [0.15, 0.2) is 0 Å². The highest BCUT2D eigenvalue weighted by atomic mass is 16.1. The molecule has 2 aromatic rings. The number of benzene rings is 1. The average Bonchev–Trinajstić information content (AvgIpc) is 2.85. The van der Waals surface area contributed by atoms with Crippen LogP contribution in [0.1, 0.15) is 17.5 Å². The second-order valence-corrected chi connectivity index (χ2v) is 5.25. The second-order valence-electron chi connectivity index (χ2n) is 5.25. The average molecular weight is 270 g/mol. The van der Waals surface area contributed by atoms with Gasteiger partial charge in [-0.25, -0.2) is 0 Å². The molecule has 1 unspecified atom stereocenters. The third-order valence-electron chi connectivity index (χ3n) is 3.67. The summed E-state index contributed by atoms with van der Waals surface area (Å²) in [7, 11) is 0. The quantitative estimate of drug-likeness (QED) is 0.880. The Bertz CT molecular complexity index is 620. The molecule has 0 saturated heterocycles.